The number of carboxylic acids is 1. The molecule has 3 nitrogen and oxygen atoms in total. The molecule has 0 spiro atoms. The number of allylic oxidation sites excluding steroid dienone is 1. The number of nitrogens with zero attached hydrogens (tertiary/aromatic N) is 1. The second-order valence-corrected chi connectivity index (χ2v) is 2.45. The SMILES string of the molecule is O=C(O)C1=CC=NC(Cl)C1F. The van der Waals surface area contributed by atoms with Gasteiger partial charge in [-0.1, -0.05) is 11.6 Å². The van der Waals surface area contributed by atoms with Gasteiger partial charge in [0, 0.05) is 6.21 Å². The fraction of sp³-hybridized carbons (Fsp3) is 0.333. The summed E-state index contributed by atoms with van der Waals surface area (Å²) in [5, 5.41) is 8.40. The van der Waals surface area contributed by atoms with Crippen LogP contribution in [0.4, 0.5) is 4.39 Å². The van der Waals surface area contributed by atoms with E-state index in [4.69, 9.17) is 16.7 Å². The summed E-state index contributed by atoms with van der Waals surface area (Å²) >= 11 is 5.33. The van der Waals surface area contributed by atoms with Crippen molar-refractivity contribution in [3.63, 3.8) is 0 Å². The molecule has 0 aromatic carbocycles. The van der Waals surface area contributed by atoms with Gasteiger partial charge in [0.05, 0.1) is 5.57 Å². The normalized spacial score (nSPS) is 29.8. The van der Waals surface area contributed by atoms with Gasteiger partial charge in [0.25, 0.3) is 0 Å². The molecule has 0 aliphatic carbocycles. The number of hydrogen-bond donors (Lipinski definition) is 1. The monoisotopic (exact) mass is 177 g/mol. The lowest BCUT2D eigenvalue weighted by Crippen LogP contribution is -2.24. The number of hydrogen-bond acceptors (Lipinski definition) is 2. The van der Waals surface area contributed by atoms with Crippen LogP contribution in [0.15, 0.2) is 16.6 Å². The first-order valence-electron chi connectivity index (χ1n) is 2.87. The van der Waals surface area contributed by atoms with Crippen molar-refractivity contribution in [2.45, 2.75) is 11.7 Å². The predicted octanol–water partition coefficient (Wildman–Crippen LogP) is 0.985. The molecule has 5 heteroatoms. The van der Waals surface area contributed by atoms with E-state index in [9.17, 15) is 9.18 Å². The molecule has 1 aliphatic heterocycles. The van der Waals surface area contributed by atoms with E-state index in [1.807, 2.05) is 0 Å². The van der Waals surface area contributed by atoms with Crippen molar-refractivity contribution in [2.24, 2.45) is 4.99 Å². The summed E-state index contributed by atoms with van der Waals surface area (Å²) in [5.41, 5.74) is -1.45. The molecule has 0 radical (unpaired) electrons. The fourth-order valence-electron chi connectivity index (χ4n) is 0.710. The van der Waals surface area contributed by atoms with Crippen LogP contribution >= 0.6 is 11.6 Å². The van der Waals surface area contributed by atoms with E-state index in [-0.39, 0.29) is 5.57 Å². The molecule has 1 rings (SSSR count). The number of carbonyl (C=O) groups is 1. The summed E-state index contributed by atoms with van der Waals surface area (Å²) in [7, 11) is 0. The van der Waals surface area contributed by atoms with Gasteiger partial charge in [-0.25, -0.2) is 9.18 Å². The maximum Gasteiger partial charge on any atom is 0.334 e. The maximum absolute atomic E-state index is 12.8. The van der Waals surface area contributed by atoms with Gasteiger partial charge in [-0.3, -0.25) is 4.99 Å². The van der Waals surface area contributed by atoms with Crippen molar-refractivity contribution in [1.82, 2.24) is 0 Å². The first-order valence-corrected chi connectivity index (χ1v) is 3.31. The Hall–Kier alpha value is -0.900. The maximum atomic E-state index is 12.8. The highest BCUT2D eigenvalue weighted by atomic mass is 35.5. The molecule has 1 aliphatic rings. The molecule has 0 aromatic rings. The molecule has 11 heavy (non-hydrogen) atoms. The molecule has 0 saturated heterocycles. The average molecular weight is 178 g/mol. The van der Waals surface area contributed by atoms with Gasteiger partial charge in [-0.15, -0.1) is 0 Å². The summed E-state index contributed by atoms with van der Waals surface area (Å²) in [6, 6.07) is 0. The molecule has 1 N–H and O–H groups in total. The smallest absolute Gasteiger partial charge is 0.334 e. The van der Waals surface area contributed by atoms with Crippen LogP contribution in [0, 0.1) is 0 Å². The Labute approximate surface area is 67.2 Å². The van der Waals surface area contributed by atoms with Gasteiger partial charge in [0.2, 0.25) is 0 Å². The largest absolute Gasteiger partial charge is 0.478 e. The number of halogens is 2. The molecule has 0 saturated carbocycles. The second kappa shape index (κ2) is 3.00. The number of aliphatic carboxylic acids is 1. The lowest BCUT2D eigenvalue weighted by atomic mass is 10.1. The first kappa shape index (κ1) is 8.20. The lowest BCUT2D eigenvalue weighted by Gasteiger charge is -2.13. The van der Waals surface area contributed by atoms with Crippen LogP contribution in [0.2, 0.25) is 0 Å². The summed E-state index contributed by atoms with van der Waals surface area (Å²) in [4.78, 5) is 13.8. The number of aliphatic imine (C=N–C) groups is 1. The van der Waals surface area contributed by atoms with Crippen molar-refractivity contribution in [3.8, 4) is 0 Å². The Morgan fingerprint density at radius 1 is 1.82 bits per heavy atom. The van der Waals surface area contributed by atoms with Crippen LogP contribution in [0.5, 0.6) is 0 Å². The van der Waals surface area contributed by atoms with Crippen molar-refractivity contribution in [2.75, 3.05) is 0 Å². The quantitative estimate of drug-likeness (QED) is 0.480. The zero-order valence-corrected chi connectivity index (χ0v) is 6.12. The van der Waals surface area contributed by atoms with Gasteiger partial charge >= 0.3 is 5.97 Å². The molecule has 1 heterocycles. The highest BCUT2D eigenvalue weighted by molar-refractivity contribution is 6.22. The Kier molecular flexibility index (Phi) is 2.24. The van der Waals surface area contributed by atoms with E-state index in [0.29, 0.717) is 0 Å². The van der Waals surface area contributed by atoms with Crippen LogP contribution < -0.4 is 0 Å². The molecule has 0 aromatic heterocycles. The highest BCUT2D eigenvalue weighted by Crippen LogP contribution is 2.19. The van der Waals surface area contributed by atoms with Crippen molar-refractivity contribution in [3.05, 3.63) is 11.6 Å². The predicted molar refractivity (Wildman–Crippen MR) is 38.7 cm³/mol. The zero-order valence-electron chi connectivity index (χ0n) is 5.37. The van der Waals surface area contributed by atoms with Crippen molar-refractivity contribution in [1.29, 1.82) is 0 Å². The second-order valence-electron chi connectivity index (χ2n) is 2.00. The Balaban J connectivity index is 2.87. The van der Waals surface area contributed by atoms with Gasteiger partial charge < -0.3 is 5.11 Å². The third-order valence-corrected chi connectivity index (χ3v) is 1.60. The first-order chi connectivity index (χ1) is 5.13. The van der Waals surface area contributed by atoms with Crippen LogP contribution in [-0.2, 0) is 4.79 Å². The van der Waals surface area contributed by atoms with Gasteiger partial charge in [0.15, 0.2) is 11.7 Å². The average Bonchev–Trinajstić information content (AvgIpc) is 1.94. The zero-order chi connectivity index (χ0) is 8.43. The van der Waals surface area contributed by atoms with E-state index >= 15 is 0 Å². The van der Waals surface area contributed by atoms with Gasteiger partial charge in [0.1, 0.15) is 0 Å². The fourth-order valence-corrected chi connectivity index (χ4v) is 0.911. The van der Waals surface area contributed by atoms with Crippen LogP contribution in [0.25, 0.3) is 0 Å². The standard InChI is InChI=1S/C6H5ClFNO2/c7-5-4(8)3(6(10)11)1-2-9-5/h1-2,4-5H,(H,10,11). The third-order valence-electron chi connectivity index (χ3n) is 1.27. The molecule has 2 unspecified atom stereocenters. The summed E-state index contributed by atoms with van der Waals surface area (Å²) < 4.78 is 12.8. The number of dihydropyridines is 1. The van der Waals surface area contributed by atoms with E-state index in [1.165, 1.54) is 6.21 Å². The lowest BCUT2D eigenvalue weighted by molar-refractivity contribution is -0.133. The number of carboxylic acid groups (broad SMARTS) is 1. The molecular formula is C6H5ClFNO2. The van der Waals surface area contributed by atoms with Crippen molar-refractivity contribution < 1.29 is 14.3 Å². The minimum Gasteiger partial charge on any atom is -0.478 e. The molecule has 0 amide bonds. The molecule has 60 valence electrons. The van der Waals surface area contributed by atoms with Crippen LogP contribution in [-0.4, -0.2) is 29.0 Å². The molecule has 2 atom stereocenters. The van der Waals surface area contributed by atoms with Crippen LogP contribution in [0.1, 0.15) is 0 Å². The van der Waals surface area contributed by atoms with E-state index in [2.05, 4.69) is 4.99 Å². The summed E-state index contributed by atoms with van der Waals surface area (Å²) in [6.45, 7) is 0. The number of alkyl halides is 2. The van der Waals surface area contributed by atoms with E-state index in [1.54, 1.807) is 0 Å². The Bertz CT molecular complexity index is 239. The van der Waals surface area contributed by atoms with Crippen LogP contribution in [0.3, 0.4) is 0 Å². The van der Waals surface area contributed by atoms with E-state index in [0.717, 1.165) is 6.08 Å². The minimum atomic E-state index is -1.71. The van der Waals surface area contributed by atoms with E-state index < -0.39 is 17.6 Å². The molecule has 0 bridgehead atoms. The van der Waals surface area contributed by atoms with Gasteiger partial charge in [-0.2, -0.15) is 0 Å². The topological polar surface area (TPSA) is 49.7 Å². The third kappa shape index (κ3) is 1.57. The Morgan fingerprint density at radius 3 is 2.91 bits per heavy atom. The summed E-state index contributed by atoms with van der Waals surface area (Å²) in [6.07, 6.45) is 0.586. The minimum absolute atomic E-state index is 0.347. The molecule has 0 fully saturated rings. The van der Waals surface area contributed by atoms with Crippen molar-refractivity contribution >= 4 is 23.8 Å². The molecular weight excluding hydrogens is 173 g/mol. The number of rotatable bonds is 1. The summed E-state index contributed by atoms with van der Waals surface area (Å²) in [5.74, 6) is -1.30. The van der Waals surface area contributed by atoms with Gasteiger partial charge in [-0.05, 0) is 6.08 Å². The Morgan fingerprint density at radius 2 is 2.45 bits per heavy atom. The highest BCUT2D eigenvalue weighted by Gasteiger charge is 2.28.